The van der Waals surface area contributed by atoms with Crippen LogP contribution in [0.5, 0.6) is 0 Å². The number of aliphatic imine (C=N–C) groups is 1. The lowest BCUT2D eigenvalue weighted by Crippen LogP contribution is -2.31. The van der Waals surface area contributed by atoms with Gasteiger partial charge in [0.05, 0.1) is 22.0 Å². The molecule has 7 heteroatoms. The number of hydrogen-bond acceptors (Lipinski definition) is 5. The molecule has 5 nitrogen and oxygen atoms in total. The van der Waals surface area contributed by atoms with Gasteiger partial charge in [0.2, 0.25) is 0 Å². The second-order valence-electron chi connectivity index (χ2n) is 6.43. The Hall–Kier alpha value is -2.31. The normalized spacial score (nSPS) is 14.4. The standard InChI is InChI=1S/C18H17ClFN3O2/c1-18(2,24)16-9-12-11(5-6-21-17(12)22-16)15(23-25)8-10-3-4-14(20)13(19)7-10/h3-7,24-25H,8-9H2,1-2H3/b23-15+. The van der Waals surface area contributed by atoms with Crippen LogP contribution < -0.4 is 0 Å². The minimum atomic E-state index is -1.06. The van der Waals surface area contributed by atoms with Crippen molar-refractivity contribution < 1.29 is 14.7 Å². The molecule has 1 aromatic heterocycles. The Kier molecular flexibility index (Phi) is 4.58. The second-order valence-corrected chi connectivity index (χ2v) is 6.83. The Labute approximate surface area is 149 Å². The van der Waals surface area contributed by atoms with Crippen LogP contribution in [0.1, 0.15) is 30.5 Å². The molecule has 0 bridgehead atoms. The first-order chi connectivity index (χ1) is 11.8. The van der Waals surface area contributed by atoms with E-state index in [1.54, 1.807) is 32.2 Å². The first-order valence-electron chi connectivity index (χ1n) is 7.73. The quantitative estimate of drug-likeness (QED) is 0.495. The van der Waals surface area contributed by atoms with Crippen molar-refractivity contribution in [3.8, 4) is 0 Å². The van der Waals surface area contributed by atoms with Gasteiger partial charge >= 0.3 is 0 Å². The average molecular weight is 362 g/mol. The Bertz CT molecular complexity index is 888. The van der Waals surface area contributed by atoms with Crippen molar-refractivity contribution in [1.29, 1.82) is 0 Å². The molecular formula is C18H17ClFN3O2. The summed E-state index contributed by atoms with van der Waals surface area (Å²) in [6, 6.07) is 6.11. The largest absolute Gasteiger partial charge is 0.411 e. The van der Waals surface area contributed by atoms with Gasteiger partial charge in [-0.05, 0) is 37.6 Å². The number of benzene rings is 1. The highest BCUT2D eigenvalue weighted by Gasteiger charge is 2.30. The molecule has 3 rings (SSSR count). The molecule has 0 saturated carbocycles. The zero-order valence-electron chi connectivity index (χ0n) is 13.8. The number of pyridine rings is 1. The molecular weight excluding hydrogens is 345 g/mol. The number of oxime groups is 1. The molecule has 0 radical (unpaired) electrons. The van der Waals surface area contributed by atoms with E-state index in [0.29, 0.717) is 34.8 Å². The first-order valence-corrected chi connectivity index (χ1v) is 8.11. The summed E-state index contributed by atoms with van der Waals surface area (Å²) in [5.41, 5.74) is 2.14. The van der Waals surface area contributed by atoms with Gasteiger partial charge in [-0.25, -0.2) is 14.4 Å². The third kappa shape index (κ3) is 3.55. The summed E-state index contributed by atoms with van der Waals surface area (Å²) in [4.78, 5) is 8.61. The van der Waals surface area contributed by atoms with E-state index in [4.69, 9.17) is 11.6 Å². The maximum absolute atomic E-state index is 13.3. The van der Waals surface area contributed by atoms with Crippen LogP contribution in [0, 0.1) is 5.82 Å². The van der Waals surface area contributed by atoms with Crippen molar-refractivity contribution in [2.24, 2.45) is 10.1 Å². The van der Waals surface area contributed by atoms with Gasteiger partial charge in [0, 0.05) is 30.2 Å². The van der Waals surface area contributed by atoms with Crippen molar-refractivity contribution >= 4 is 28.8 Å². The lowest BCUT2D eigenvalue weighted by molar-refractivity contribution is 0.152. The van der Waals surface area contributed by atoms with Gasteiger partial charge < -0.3 is 10.3 Å². The third-order valence-corrected chi connectivity index (χ3v) is 4.40. The summed E-state index contributed by atoms with van der Waals surface area (Å²) in [7, 11) is 0. The van der Waals surface area contributed by atoms with Gasteiger partial charge in [-0.1, -0.05) is 22.8 Å². The number of nitrogens with zero attached hydrogens (tertiary/aromatic N) is 3. The molecule has 1 aliphatic rings. The van der Waals surface area contributed by atoms with E-state index in [2.05, 4.69) is 15.1 Å². The first kappa shape index (κ1) is 17.5. The number of fused-ring (bicyclic) bond motifs is 1. The van der Waals surface area contributed by atoms with Crippen LogP contribution in [0.3, 0.4) is 0 Å². The molecule has 25 heavy (non-hydrogen) atoms. The van der Waals surface area contributed by atoms with E-state index in [9.17, 15) is 14.7 Å². The lowest BCUT2D eigenvalue weighted by Gasteiger charge is -2.17. The molecule has 0 fully saturated rings. The molecule has 0 amide bonds. The van der Waals surface area contributed by atoms with E-state index < -0.39 is 11.4 Å². The predicted octanol–water partition coefficient (Wildman–Crippen LogP) is 3.69. The fourth-order valence-electron chi connectivity index (χ4n) is 2.74. The van der Waals surface area contributed by atoms with Crippen LogP contribution >= 0.6 is 11.6 Å². The van der Waals surface area contributed by atoms with Crippen molar-refractivity contribution in [3.63, 3.8) is 0 Å². The molecule has 0 spiro atoms. The highest BCUT2D eigenvalue weighted by Crippen LogP contribution is 2.31. The van der Waals surface area contributed by atoms with Gasteiger partial charge in [0.1, 0.15) is 5.82 Å². The topological polar surface area (TPSA) is 78.1 Å². The van der Waals surface area contributed by atoms with E-state index in [1.165, 1.54) is 12.1 Å². The smallest absolute Gasteiger partial charge is 0.156 e. The Morgan fingerprint density at radius 1 is 1.36 bits per heavy atom. The summed E-state index contributed by atoms with van der Waals surface area (Å²) in [5.74, 6) is 0.00818. The number of aromatic nitrogens is 1. The van der Waals surface area contributed by atoms with Crippen LogP contribution in [0.2, 0.25) is 5.02 Å². The molecule has 0 saturated heterocycles. The Balaban J connectivity index is 1.93. The maximum atomic E-state index is 13.3. The maximum Gasteiger partial charge on any atom is 0.156 e. The van der Waals surface area contributed by atoms with Gasteiger partial charge in [-0.15, -0.1) is 0 Å². The minimum Gasteiger partial charge on any atom is -0.411 e. The van der Waals surface area contributed by atoms with Crippen LogP contribution in [0.25, 0.3) is 0 Å². The zero-order valence-corrected chi connectivity index (χ0v) is 14.5. The van der Waals surface area contributed by atoms with Crippen LogP contribution in [-0.2, 0) is 12.8 Å². The average Bonchev–Trinajstić information content (AvgIpc) is 3.00. The van der Waals surface area contributed by atoms with Crippen molar-refractivity contribution in [1.82, 2.24) is 4.98 Å². The highest BCUT2D eigenvalue weighted by molar-refractivity contribution is 6.30. The van der Waals surface area contributed by atoms with E-state index in [-0.39, 0.29) is 11.4 Å². The number of rotatable bonds is 4. The molecule has 1 aromatic carbocycles. The number of aliphatic hydroxyl groups is 1. The highest BCUT2D eigenvalue weighted by atomic mass is 35.5. The van der Waals surface area contributed by atoms with Gasteiger partial charge in [-0.3, -0.25) is 0 Å². The second kappa shape index (κ2) is 6.54. The monoisotopic (exact) mass is 361 g/mol. The van der Waals surface area contributed by atoms with E-state index >= 15 is 0 Å². The summed E-state index contributed by atoms with van der Waals surface area (Å²) >= 11 is 5.82. The zero-order chi connectivity index (χ0) is 18.2. The molecule has 0 unspecified atom stereocenters. The van der Waals surface area contributed by atoms with Crippen LogP contribution in [0.4, 0.5) is 10.2 Å². The fourth-order valence-corrected chi connectivity index (χ4v) is 2.94. The molecule has 0 atom stereocenters. The van der Waals surface area contributed by atoms with E-state index in [0.717, 1.165) is 5.56 Å². The Morgan fingerprint density at radius 2 is 2.12 bits per heavy atom. The summed E-state index contributed by atoms with van der Waals surface area (Å²) in [6.07, 6.45) is 2.27. The minimum absolute atomic E-state index is 0.0161. The molecule has 2 aromatic rings. The molecule has 130 valence electrons. The Morgan fingerprint density at radius 3 is 2.76 bits per heavy atom. The summed E-state index contributed by atoms with van der Waals surface area (Å²) in [6.45, 7) is 3.33. The molecule has 2 N–H and O–H groups in total. The van der Waals surface area contributed by atoms with Crippen LogP contribution in [-0.4, -0.2) is 32.3 Å². The van der Waals surface area contributed by atoms with Crippen LogP contribution in [0.15, 0.2) is 40.6 Å². The SMILES string of the molecule is CC(C)(O)C1=Nc2nccc(/C(Cc3ccc(F)c(Cl)c3)=N/O)c2C1. The molecule has 2 heterocycles. The van der Waals surface area contributed by atoms with Gasteiger partial charge in [0.25, 0.3) is 0 Å². The summed E-state index contributed by atoms with van der Waals surface area (Å²) in [5, 5.41) is 23.1. The lowest BCUT2D eigenvalue weighted by atomic mass is 9.93. The predicted molar refractivity (Wildman–Crippen MR) is 94.8 cm³/mol. The van der Waals surface area contributed by atoms with Crippen molar-refractivity contribution in [2.75, 3.05) is 0 Å². The molecule has 0 aliphatic carbocycles. The van der Waals surface area contributed by atoms with Crippen molar-refractivity contribution in [2.45, 2.75) is 32.3 Å². The molecule has 1 aliphatic heterocycles. The number of hydrogen-bond donors (Lipinski definition) is 2. The fraction of sp³-hybridized carbons (Fsp3) is 0.278. The number of halogens is 2. The van der Waals surface area contributed by atoms with E-state index in [1.807, 2.05) is 0 Å². The van der Waals surface area contributed by atoms with Gasteiger partial charge in [0.15, 0.2) is 5.82 Å². The van der Waals surface area contributed by atoms with Crippen molar-refractivity contribution in [3.05, 3.63) is 58.0 Å². The third-order valence-electron chi connectivity index (χ3n) is 4.11. The summed E-state index contributed by atoms with van der Waals surface area (Å²) < 4.78 is 13.3. The van der Waals surface area contributed by atoms with Gasteiger partial charge in [-0.2, -0.15) is 0 Å².